The first-order valence-electron chi connectivity index (χ1n) is 7.23. The van der Waals surface area contributed by atoms with Crippen LogP contribution in [0.25, 0.3) is 0 Å². The number of carbonyl (C=O) groups is 2. The lowest BCUT2D eigenvalue weighted by Crippen LogP contribution is -2.36. The third-order valence-electron chi connectivity index (χ3n) is 3.10. The Kier molecular flexibility index (Phi) is 6.71. The summed E-state index contributed by atoms with van der Waals surface area (Å²) < 4.78 is 31.2. The average molecular weight is 343 g/mol. The number of carboxylic acids is 1. The molecule has 0 saturated carbocycles. The Hall–Kier alpha value is -1.93. The zero-order valence-electron chi connectivity index (χ0n) is 13.4. The Balaban J connectivity index is 3.32. The number of benzene rings is 1. The molecule has 1 aromatic rings. The Bertz CT molecular complexity index is 683. The molecule has 0 heterocycles. The summed E-state index contributed by atoms with van der Waals surface area (Å²) in [4.78, 5) is 22.6. The van der Waals surface area contributed by atoms with E-state index in [4.69, 9.17) is 9.84 Å². The first kappa shape index (κ1) is 19.1. The van der Waals surface area contributed by atoms with Crippen LogP contribution in [0.3, 0.4) is 0 Å². The molecule has 0 spiro atoms. The molecular weight excluding hydrogens is 322 g/mol. The second kappa shape index (κ2) is 8.07. The van der Waals surface area contributed by atoms with Gasteiger partial charge in [-0.2, -0.15) is 4.31 Å². The highest BCUT2D eigenvalue weighted by Crippen LogP contribution is 2.22. The standard InChI is InChI=1S/C15H21NO6S/c1-4-8-16(10-14(17)18)23(20,21)13-9-12(7-6-11(13)3)15(19)22-5-2/h6-7,9H,4-5,8,10H2,1-3H3,(H,17,18). The molecule has 0 aliphatic rings. The maximum atomic E-state index is 12.7. The fraction of sp³-hybridized carbons (Fsp3) is 0.467. The van der Waals surface area contributed by atoms with E-state index < -0.39 is 28.5 Å². The molecule has 0 amide bonds. The first-order chi connectivity index (χ1) is 10.7. The van der Waals surface area contributed by atoms with Gasteiger partial charge in [-0.1, -0.05) is 13.0 Å². The molecule has 0 aliphatic heterocycles. The van der Waals surface area contributed by atoms with Crippen LogP contribution in [0, 0.1) is 6.92 Å². The van der Waals surface area contributed by atoms with Crippen molar-refractivity contribution in [1.29, 1.82) is 0 Å². The predicted molar refractivity (Wildman–Crippen MR) is 83.8 cm³/mol. The molecule has 23 heavy (non-hydrogen) atoms. The number of hydrogen-bond donors (Lipinski definition) is 1. The number of carboxylic acid groups (broad SMARTS) is 1. The molecule has 0 radical (unpaired) electrons. The van der Waals surface area contributed by atoms with E-state index in [1.54, 1.807) is 20.8 Å². The zero-order valence-corrected chi connectivity index (χ0v) is 14.2. The van der Waals surface area contributed by atoms with E-state index in [-0.39, 0.29) is 23.6 Å². The van der Waals surface area contributed by atoms with Gasteiger partial charge >= 0.3 is 11.9 Å². The van der Waals surface area contributed by atoms with Crippen molar-refractivity contribution in [3.63, 3.8) is 0 Å². The lowest BCUT2D eigenvalue weighted by molar-refractivity contribution is -0.137. The zero-order chi connectivity index (χ0) is 17.6. The molecule has 128 valence electrons. The van der Waals surface area contributed by atoms with Crippen molar-refractivity contribution >= 4 is 22.0 Å². The number of nitrogens with zero attached hydrogens (tertiary/aromatic N) is 1. The van der Waals surface area contributed by atoms with Crippen LogP contribution in [0.4, 0.5) is 0 Å². The normalized spacial score (nSPS) is 11.5. The third kappa shape index (κ3) is 4.77. The average Bonchev–Trinajstić information content (AvgIpc) is 2.46. The van der Waals surface area contributed by atoms with Gasteiger partial charge in [0.15, 0.2) is 0 Å². The molecule has 0 aliphatic carbocycles. The lowest BCUT2D eigenvalue weighted by Gasteiger charge is -2.21. The van der Waals surface area contributed by atoms with Gasteiger partial charge in [-0.25, -0.2) is 13.2 Å². The van der Waals surface area contributed by atoms with Crippen LogP contribution in [0.1, 0.15) is 36.2 Å². The quantitative estimate of drug-likeness (QED) is 0.720. The number of hydrogen-bond acceptors (Lipinski definition) is 5. The molecule has 0 fully saturated rings. The minimum absolute atomic E-state index is 0.0811. The number of aliphatic carboxylic acids is 1. The van der Waals surface area contributed by atoms with Crippen LogP contribution in [0.2, 0.25) is 0 Å². The van der Waals surface area contributed by atoms with Crippen molar-refractivity contribution in [3.8, 4) is 0 Å². The van der Waals surface area contributed by atoms with Gasteiger partial charge in [-0.3, -0.25) is 4.79 Å². The fourth-order valence-corrected chi connectivity index (χ4v) is 3.78. The summed E-state index contributed by atoms with van der Waals surface area (Å²) in [6.45, 7) is 4.63. The van der Waals surface area contributed by atoms with Crippen molar-refractivity contribution in [3.05, 3.63) is 29.3 Å². The monoisotopic (exact) mass is 343 g/mol. The van der Waals surface area contributed by atoms with Crippen molar-refractivity contribution in [2.24, 2.45) is 0 Å². The molecule has 8 heteroatoms. The van der Waals surface area contributed by atoms with Crippen LogP contribution in [-0.4, -0.2) is 49.5 Å². The third-order valence-corrected chi connectivity index (χ3v) is 5.09. The number of esters is 1. The van der Waals surface area contributed by atoms with Crippen molar-refractivity contribution in [2.45, 2.75) is 32.1 Å². The van der Waals surface area contributed by atoms with E-state index in [1.807, 2.05) is 0 Å². The molecule has 1 aromatic carbocycles. The summed E-state index contributed by atoms with van der Waals surface area (Å²) in [5, 5.41) is 8.92. The van der Waals surface area contributed by atoms with E-state index in [0.717, 1.165) is 4.31 Å². The summed E-state index contributed by atoms with van der Waals surface area (Å²) in [6.07, 6.45) is 0.475. The highest BCUT2D eigenvalue weighted by Gasteiger charge is 2.28. The predicted octanol–water partition coefficient (Wildman–Crippen LogP) is 1.66. The number of ether oxygens (including phenoxy) is 1. The lowest BCUT2D eigenvalue weighted by atomic mass is 10.1. The van der Waals surface area contributed by atoms with Gasteiger partial charge in [-0.05, 0) is 38.0 Å². The van der Waals surface area contributed by atoms with Gasteiger partial charge < -0.3 is 9.84 Å². The van der Waals surface area contributed by atoms with Gasteiger partial charge in [0.2, 0.25) is 10.0 Å². The number of sulfonamides is 1. The Morgan fingerprint density at radius 3 is 2.43 bits per heavy atom. The fourth-order valence-electron chi connectivity index (χ4n) is 2.04. The van der Waals surface area contributed by atoms with Crippen LogP contribution in [-0.2, 0) is 19.6 Å². The summed E-state index contributed by atoms with van der Waals surface area (Å²) in [6, 6.07) is 4.21. The highest BCUT2D eigenvalue weighted by atomic mass is 32.2. The van der Waals surface area contributed by atoms with Crippen molar-refractivity contribution in [2.75, 3.05) is 19.7 Å². The summed E-state index contributed by atoms with van der Waals surface area (Å²) in [7, 11) is -4.02. The summed E-state index contributed by atoms with van der Waals surface area (Å²) in [5.41, 5.74) is 0.548. The molecule has 1 rings (SSSR count). The molecule has 7 nitrogen and oxygen atoms in total. The Morgan fingerprint density at radius 1 is 1.26 bits per heavy atom. The smallest absolute Gasteiger partial charge is 0.338 e. The molecular formula is C15H21NO6S. The van der Waals surface area contributed by atoms with E-state index in [0.29, 0.717) is 12.0 Å². The number of carbonyl (C=O) groups excluding carboxylic acids is 1. The van der Waals surface area contributed by atoms with Gasteiger partial charge in [0.05, 0.1) is 17.1 Å². The van der Waals surface area contributed by atoms with Crippen LogP contribution >= 0.6 is 0 Å². The van der Waals surface area contributed by atoms with Crippen LogP contribution < -0.4 is 0 Å². The summed E-state index contributed by atoms with van der Waals surface area (Å²) in [5.74, 6) is -1.86. The van der Waals surface area contributed by atoms with Crippen molar-refractivity contribution < 1.29 is 27.9 Å². The molecule has 0 atom stereocenters. The van der Waals surface area contributed by atoms with E-state index in [1.165, 1.54) is 18.2 Å². The minimum atomic E-state index is -4.02. The maximum Gasteiger partial charge on any atom is 0.338 e. The SMILES string of the molecule is CCCN(CC(=O)O)S(=O)(=O)c1cc(C(=O)OCC)ccc1C. The van der Waals surface area contributed by atoms with E-state index in [9.17, 15) is 18.0 Å². The topological polar surface area (TPSA) is 101 Å². The number of aryl methyl sites for hydroxylation is 1. The molecule has 0 unspecified atom stereocenters. The van der Waals surface area contributed by atoms with Gasteiger partial charge in [0, 0.05) is 6.54 Å². The highest BCUT2D eigenvalue weighted by molar-refractivity contribution is 7.89. The maximum absolute atomic E-state index is 12.7. The second-order valence-electron chi connectivity index (χ2n) is 4.93. The van der Waals surface area contributed by atoms with Crippen molar-refractivity contribution in [1.82, 2.24) is 4.31 Å². The molecule has 1 N–H and O–H groups in total. The first-order valence-corrected chi connectivity index (χ1v) is 8.67. The molecule has 0 saturated heterocycles. The van der Waals surface area contributed by atoms with Crippen LogP contribution in [0.5, 0.6) is 0 Å². The Labute approximate surface area is 135 Å². The van der Waals surface area contributed by atoms with Gasteiger partial charge in [-0.15, -0.1) is 0 Å². The minimum Gasteiger partial charge on any atom is -0.480 e. The van der Waals surface area contributed by atoms with Gasteiger partial charge in [0.25, 0.3) is 0 Å². The largest absolute Gasteiger partial charge is 0.480 e. The molecule has 0 aromatic heterocycles. The second-order valence-corrected chi connectivity index (χ2v) is 6.84. The van der Waals surface area contributed by atoms with E-state index in [2.05, 4.69) is 0 Å². The Morgan fingerprint density at radius 2 is 1.91 bits per heavy atom. The van der Waals surface area contributed by atoms with Gasteiger partial charge in [0.1, 0.15) is 6.54 Å². The van der Waals surface area contributed by atoms with Crippen LogP contribution in [0.15, 0.2) is 23.1 Å². The molecule has 0 bridgehead atoms. The van der Waals surface area contributed by atoms with E-state index >= 15 is 0 Å². The number of rotatable bonds is 8. The summed E-state index contributed by atoms with van der Waals surface area (Å²) >= 11 is 0.